The molecule has 2 aliphatic heterocycles. The number of aromatic nitrogens is 3. The third kappa shape index (κ3) is 6.05. The Kier molecular flexibility index (Phi) is 9.06. The van der Waals surface area contributed by atoms with Crippen LogP contribution in [0.1, 0.15) is 37.9 Å². The number of likely N-dealkylation sites (tertiary alicyclic amines) is 1. The van der Waals surface area contributed by atoms with E-state index in [1.54, 1.807) is 11.0 Å². The molecule has 2 saturated heterocycles. The summed E-state index contributed by atoms with van der Waals surface area (Å²) in [6, 6.07) is 0. The maximum absolute atomic E-state index is 6.09. The number of nitrogens with zero attached hydrogens (tertiary/aromatic N) is 5. The minimum atomic E-state index is 0. The van der Waals surface area contributed by atoms with Gasteiger partial charge in [-0.25, -0.2) is 4.98 Å². The predicted molar refractivity (Wildman–Crippen MR) is 111 cm³/mol. The molecule has 1 unspecified atom stereocenters. The number of nitrogens with one attached hydrogen (secondary N) is 1. The van der Waals surface area contributed by atoms with Crippen molar-refractivity contribution < 1.29 is 9.47 Å². The molecule has 1 aromatic heterocycles. The molecule has 1 atom stereocenters. The number of hydrogen-bond acceptors (Lipinski definition) is 5. The van der Waals surface area contributed by atoms with Gasteiger partial charge in [0.2, 0.25) is 0 Å². The Hall–Kier alpha value is -0.940. The van der Waals surface area contributed by atoms with Crippen molar-refractivity contribution in [1.29, 1.82) is 0 Å². The quantitative estimate of drug-likeness (QED) is 0.394. The fourth-order valence-corrected chi connectivity index (χ4v) is 3.39. The topological polar surface area (TPSA) is 76.8 Å². The van der Waals surface area contributed by atoms with E-state index < -0.39 is 0 Å². The highest BCUT2D eigenvalue weighted by molar-refractivity contribution is 14.0. The Labute approximate surface area is 172 Å². The molecule has 3 heterocycles. The van der Waals surface area contributed by atoms with Crippen LogP contribution >= 0.6 is 24.0 Å². The molecular formula is C17H31IN6O2. The van der Waals surface area contributed by atoms with E-state index >= 15 is 0 Å². The van der Waals surface area contributed by atoms with Gasteiger partial charge in [0.1, 0.15) is 12.2 Å². The SMILES string of the molecule is CN=C(NCc1ncnn1C)N1CCC(OCC2CCCCO2)CC1.I. The predicted octanol–water partition coefficient (Wildman–Crippen LogP) is 1.56. The third-order valence-corrected chi connectivity index (χ3v) is 4.95. The smallest absolute Gasteiger partial charge is 0.194 e. The maximum atomic E-state index is 6.09. The molecule has 2 aliphatic rings. The van der Waals surface area contributed by atoms with E-state index in [9.17, 15) is 0 Å². The molecule has 9 heteroatoms. The lowest BCUT2D eigenvalue weighted by molar-refractivity contribution is -0.0721. The lowest BCUT2D eigenvalue weighted by Gasteiger charge is -2.35. The second-order valence-corrected chi connectivity index (χ2v) is 6.71. The summed E-state index contributed by atoms with van der Waals surface area (Å²) < 4.78 is 13.6. The van der Waals surface area contributed by atoms with Gasteiger partial charge in [-0.3, -0.25) is 9.67 Å². The van der Waals surface area contributed by atoms with Crippen LogP contribution in [0.2, 0.25) is 0 Å². The molecule has 1 aromatic rings. The summed E-state index contributed by atoms with van der Waals surface area (Å²) in [6.45, 7) is 4.16. The maximum Gasteiger partial charge on any atom is 0.194 e. The molecule has 0 spiro atoms. The number of hydrogen-bond donors (Lipinski definition) is 1. The molecule has 0 saturated carbocycles. The monoisotopic (exact) mass is 478 g/mol. The summed E-state index contributed by atoms with van der Waals surface area (Å²) in [4.78, 5) is 10.9. The van der Waals surface area contributed by atoms with E-state index in [-0.39, 0.29) is 24.0 Å². The highest BCUT2D eigenvalue weighted by Crippen LogP contribution is 2.18. The van der Waals surface area contributed by atoms with Gasteiger partial charge in [0.25, 0.3) is 0 Å². The molecule has 2 fully saturated rings. The first kappa shape index (κ1) is 21.4. The zero-order chi connectivity index (χ0) is 17.5. The van der Waals surface area contributed by atoms with Gasteiger partial charge < -0.3 is 19.7 Å². The Morgan fingerprint density at radius 3 is 2.77 bits per heavy atom. The number of aryl methyl sites for hydroxylation is 1. The molecule has 1 N–H and O–H groups in total. The number of ether oxygens (including phenoxy) is 2. The fraction of sp³-hybridized carbons (Fsp3) is 0.824. The summed E-state index contributed by atoms with van der Waals surface area (Å²) in [6.07, 6.45) is 7.84. The lowest BCUT2D eigenvalue weighted by Crippen LogP contribution is -2.47. The third-order valence-electron chi connectivity index (χ3n) is 4.95. The molecule has 26 heavy (non-hydrogen) atoms. The van der Waals surface area contributed by atoms with E-state index in [2.05, 4.69) is 25.3 Å². The first-order valence-corrected chi connectivity index (χ1v) is 9.28. The van der Waals surface area contributed by atoms with Crippen LogP contribution in [0.15, 0.2) is 11.3 Å². The molecule has 0 bridgehead atoms. The number of rotatable bonds is 5. The zero-order valence-electron chi connectivity index (χ0n) is 15.8. The van der Waals surface area contributed by atoms with E-state index in [1.165, 1.54) is 12.8 Å². The van der Waals surface area contributed by atoms with Crippen molar-refractivity contribution in [1.82, 2.24) is 25.0 Å². The number of piperidine rings is 1. The molecule has 0 radical (unpaired) electrons. The van der Waals surface area contributed by atoms with Crippen molar-refractivity contribution in [2.75, 3.05) is 33.4 Å². The second-order valence-electron chi connectivity index (χ2n) is 6.71. The minimum absolute atomic E-state index is 0. The van der Waals surface area contributed by atoms with Crippen LogP contribution in [-0.4, -0.2) is 71.2 Å². The van der Waals surface area contributed by atoms with Crippen LogP contribution < -0.4 is 5.32 Å². The van der Waals surface area contributed by atoms with Gasteiger partial charge >= 0.3 is 0 Å². The Balaban J connectivity index is 0.00000243. The van der Waals surface area contributed by atoms with Crippen molar-refractivity contribution in [2.24, 2.45) is 12.0 Å². The van der Waals surface area contributed by atoms with Crippen molar-refractivity contribution in [3.8, 4) is 0 Å². The van der Waals surface area contributed by atoms with Gasteiger partial charge in [-0.1, -0.05) is 0 Å². The highest BCUT2D eigenvalue weighted by Gasteiger charge is 2.23. The summed E-state index contributed by atoms with van der Waals surface area (Å²) in [7, 11) is 3.72. The van der Waals surface area contributed by atoms with E-state index in [0.29, 0.717) is 18.8 Å². The average molecular weight is 478 g/mol. The second kappa shape index (κ2) is 11.0. The zero-order valence-corrected chi connectivity index (χ0v) is 18.1. The Bertz CT molecular complexity index is 553. The largest absolute Gasteiger partial charge is 0.376 e. The van der Waals surface area contributed by atoms with Crippen LogP contribution in [0.5, 0.6) is 0 Å². The van der Waals surface area contributed by atoms with E-state index in [1.807, 2.05) is 14.1 Å². The minimum Gasteiger partial charge on any atom is -0.376 e. The van der Waals surface area contributed by atoms with Gasteiger partial charge in [-0.15, -0.1) is 24.0 Å². The van der Waals surface area contributed by atoms with Crippen molar-refractivity contribution >= 4 is 29.9 Å². The van der Waals surface area contributed by atoms with Crippen LogP contribution in [0, 0.1) is 0 Å². The van der Waals surface area contributed by atoms with Crippen molar-refractivity contribution in [3.63, 3.8) is 0 Å². The molecule has 0 amide bonds. The van der Waals surface area contributed by atoms with Gasteiger partial charge in [0, 0.05) is 33.8 Å². The van der Waals surface area contributed by atoms with Crippen LogP contribution in [0.4, 0.5) is 0 Å². The Morgan fingerprint density at radius 2 is 2.15 bits per heavy atom. The standard InChI is InChI=1S/C17H30N6O2.HI/c1-18-17(19-11-16-20-13-21-22(16)2)23-8-6-14(7-9-23)25-12-15-5-3-4-10-24-15;/h13-15H,3-12H2,1-2H3,(H,18,19);1H. The highest BCUT2D eigenvalue weighted by atomic mass is 127. The first-order chi connectivity index (χ1) is 12.3. The Morgan fingerprint density at radius 1 is 1.35 bits per heavy atom. The normalized spacial score (nSPS) is 22.2. The average Bonchev–Trinajstić information content (AvgIpc) is 3.07. The summed E-state index contributed by atoms with van der Waals surface area (Å²) >= 11 is 0. The summed E-state index contributed by atoms with van der Waals surface area (Å²) in [5.41, 5.74) is 0. The van der Waals surface area contributed by atoms with Gasteiger partial charge in [-0.05, 0) is 32.1 Å². The van der Waals surface area contributed by atoms with E-state index in [4.69, 9.17) is 9.47 Å². The summed E-state index contributed by atoms with van der Waals surface area (Å²) in [5.74, 6) is 1.81. The number of halogens is 1. The molecule has 148 valence electrons. The molecule has 3 rings (SSSR count). The van der Waals surface area contributed by atoms with Gasteiger partial charge in [0.05, 0.1) is 25.4 Å². The number of guanidine groups is 1. The number of aliphatic imine (C=N–C) groups is 1. The van der Waals surface area contributed by atoms with Crippen LogP contribution in [0.3, 0.4) is 0 Å². The fourth-order valence-electron chi connectivity index (χ4n) is 3.39. The van der Waals surface area contributed by atoms with Crippen LogP contribution in [-0.2, 0) is 23.1 Å². The van der Waals surface area contributed by atoms with Crippen molar-refractivity contribution in [2.45, 2.75) is 50.9 Å². The molecule has 0 aromatic carbocycles. The van der Waals surface area contributed by atoms with Crippen LogP contribution in [0.25, 0.3) is 0 Å². The molecular weight excluding hydrogens is 447 g/mol. The summed E-state index contributed by atoms with van der Waals surface area (Å²) in [5, 5.41) is 7.46. The van der Waals surface area contributed by atoms with Crippen molar-refractivity contribution in [3.05, 3.63) is 12.2 Å². The van der Waals surface area contributed by atoms with E-state index in [0.717, 1.165) is 57.3 Å². The van der Waals surface area contributed by atoms with Gasteiger partial charge in [-0.2, -0.15) is 5.10 Å². The lowest BCUT2D eigenvalue weighted by atomic mass is 10.1. The molecule has 8 nitrogen and oxygen atoms in total. The molecule has 0 aliphatic carbocycles. The van der Waals surface area contributed by atoms with Gasteiger partial charge in [0.15, 0.2) is 5.96 Å². The first-order valence-electron chi connectivity index (χ1n) is 9.28.